The maximum Gasteiger partial charge on any atom is 0.326 e. The van der Waals surface area contributed by atoms with E-state index in [9.17, 15) is 14.7 Å². The number of aromatic nitrogens is 4. The summed E-state index contributed by atoms with van der Waals surface area (Å²) in [7, 11) is 0. The van der Waals surface area contributed by atoms with Gasteiger partial charge in [0.05, 0.1) is 12.9 Å². The van der Waals surface area contributed by atoms with Gasteiger partial charge in [-0.05, 0) is 37.5 Å². The number of esters is 1. The molecule has 11 heteroatoms. The first-order valence-corrected chi connectivity index (χ1v) is 10.3. The maximum absolute atomic E-state index is 12.9. The second-order valence-electron chi connectivity index (χ2n) is 8.23. The Labute approximate surface area is 172 Å². The Balaban J connectivity index is 1.37. The smallest absolute Gasteiger partial charge is 0.326 e. The van der Waals surface area contributed by atoms with Gasteiger partial charge in [0.15, 0.2) is 11.2 Å². The summed E-state index contributed by atoms with van der Waals surface area (Å²) in [4.78, 5) is 35.1. The van der Waals surface area contributed by atoms with Crippen molar-refractivity contribution in [2.24, 2.45) is 17.6 Å². The number of aliphatic hydroxyl groups excluding tert-OH is 1. The van der Waals surface area contributed by atoms with Gasteiger partial charge in [0.1, 0.15) is 25.0 Å². The van der Waals surface area contributed by atoms with Crippen molar-refractivity contribution in [1.29, 1.82) is 0 Å². The highest BCUT2D eigenvalue weighted by molar-refractivity contribution is 5.82. The number of H-pyrrole nitrogens is 1. The van der Waals surface area contributed by atoms with E-state index in [1.54, 1.807) is 0 Å². The molecule has 0 amide bonds. The third-order valence-corrected chi connectivity index (χ3v) is 6.46. The summed E-state index contributed by atoms with van der Waals surface area (Å²) in [6.07, 6.45) is 6.62. The molecule has 0 aliphatic heterocycles. The fourth-order valence-corrected chi connectivity index (χ4v) is 4.14. The van der Waals surface area contributed by atoms with Gasteiger partial charge >= 0.3 is 5.97 Å². The Morgan fingerprint density at radius 3 is 2.57 bits per heavy atom. The molecule has 30 heavy (non-hydrogen) atoms. The normalized spacial score (nSPS) is 18.7. The number of aromatic amines is 1. The molecule has 0 saturated heterocycles. The van der Waals surface area contributed by atoms with Crippen LogP contribution in [-0.2, 0) is 21.0 Å². The van der Waals surface area contributed by atoms with Crippen LogP contribution in [0.4, 0.5) is 5.95 Å². The summed E-state index contributed by atoms with van der Waals surface area (Å²) in [6, 6.07) is 0. The predicted octanol–water partition coefficient (Wildman–Crippen LogP) is -0.122. The molecule has 0 spiro atoms. The number of rotatable bonds is 9. The lowest BCUT2D eigenvalue weighted by Crippen LogP contribution is -2.63. The van der Waals surface area contributed by atoms with Crippen LogP contribution in [0, 0.1) is 11.8 Å². The van der Waals surface area contributed by atoms with Crippen molar-refractivity contribution in [2.45, 2.75) is 56.9 Å². The van der Waals surface area contributed by atoms with Crippen LogP contribution in [0.3, 0.4) is 0 Å². The van der Waals surface area contributed by atoms with Gasteiger partial charge < -0.3 is 26.0 Å². The highest BCUT2D eigenvalue weighted by Gasteiger charge is 2.53. The van der Waals surface area contributed by atoms with E-state index < -0.39 is 23.2 Å². The Morgan fingerprint density at radius 2 is 2.00 bits per heavy atom. The SMILES string of the molecule is Nc1nc2c(ncn2COC(CO)COC(=O)C(N)(C2CCC2)C2CCC2)c(=O)[nH]1. The van der Waals surface area contributed by atoms with Gasteiger partial charge in [-0.2, -0.15) is 4.98 Å². The summed E-state index contributed by atoms with van der Waals surface area (Å²) in [6.45, 7) is -0.509. The molecule has 2 aliphatic rings. The third kappa shape index (κ3) is 3.68. The summed E-state index contributed by atoms with van der Waals surface area (Å²) < 4.78 is 12.6. The number of nitrogens with two attached hydrogens (primary N) is 2. The number of anilines is 1. The standard InChI is InChI=1S/C19H28N6O5/c20-18-23-15-14(16(27)24-18)22-9-25(15)10-30-13(7-26)8-29-17(28)19(21,11-3-1-4-11)12-5-2-6-12/h9,11-13,26H,1-8,10,21H2,(H3,20,23,24,27). The van der Waals surface area contributed by atoms with Crippen LogP contribution in [0.1, 0.15) is 38.5 Å². The van der Waals surface area contributed by atoms with Crippen LogP contribution in [-0.4, -0.2) is 55.5 Å². The van der Waals surface area contributed by atoms with Crippen molar-refractivity contribution >= 4 is 23.1 Å². The number of nitrogen functional groups attached to an aromatic ring is 1. The van der Waals surface area contributed by atoms with E-state index in [0.717, 1.165) is 38.5 Å². The fraction of sp³-hybridized carbons (Fsp3) is 0.684. The quantitative estimate of drug-likeness (QED) is 0.403. The molecule has 2 aromatic rings. The largest absolute Gasteiger partial charge is 0.461 e. The lowest BCUT2D eigenvalue weighted by atomic mass is 9.60. The highest BCUT2D eigenvalue weighted by atomic mass is 16.6. The molecule has 2 heterocycles. The Kier molecular flexibility index (Phi) is 5.76. The van der Waals surface area contributed by atoms with Gasteiger partial charge in [0, 0.05) is 0 Å². The van der Waals surface area contributed by atoms with Crippen molar-refractivity contribution in [2.75, 3.05) is 18.9 Å². The number of imidazole rings is 1. The number of nitrogens with zero attached hydrogens (tertiary/aromatic N) is 3. The van der Waals surface area contributed by atoms with E-state index in [-0.39, 0.29) is 48.9 Å². The van der Waals surface area contributed by atoms with Crippen LogP contribution in [0.2, 0.25) is 0 Å². The van der Waals surface area contributed by atoms with E-state index in [1.807, 2.05) is 0 Å². The lowest BCUT2D eigenvalue weighted by Gasteiger charge is -2.48. The number of carbonyl (C=O) groups excluding carboxylic acids is 1. The number of fused-ring (bicyclic) bond motifs is 1. The molecular weight excluding hydrogens is 392 g/mol. The maximum atomic E-state index is 12.9. The van der Waals surface area contributed by atoms with E-state index in [4.69, 9.17) is 20.9 Å². The van der Waals surface area contributed by atoms with Crippen molar-refractivity contribution in [1.82, 2.24) is 19.5 Å². The molecule has 2 saturated carbocycles. The van der Waals surface area contributed by atoms with Crippen molar-refractivity contribution < 1.29 is 19.4 Å². The summed E-state index contributed by atoms with van der Waals surface area (Å²) in [5.41, 5.74) is 11.2. The van der Waals surface area contributed by atoms with E-state index in [1.165, 1.54) is 10.9 Å². The average Bonchev–Trinajstić information content (AvgIpc) is 3.01. The number of aliphatic hydroxyl groups is 1. The van der Waals surface area contributed by atoms with Crippen LogP contribution in [0.5, 0.6) is 0 Å². The Bertz CT molecular complexity index is 950. The lowest BCUT2D eigenvalue weighted by molar-refractivity contribution is -0.165. The van der Waals surface area contributed by atoms with Gasteiger partial charge in [-0.15, -0.1) is 0 Å². The van der Waals surface area contributed by atoms with Crippen LogP contribution in [0.25, 0.3) is 11.2 Å². The van der Waals surface area contributed by atoms with Crippen molar-refractivity contribution in [3.8, 4) is 0 Å². The summed E-state index contributed by atoms with van der Waals surface area (Å²) >= 11 is 0. The van der Waals surface area contributed by atoms with E-state index in [0.29, 0.717) is 0 Å². The number of nitrogens with one attached hydrogen (secondary N) is 1. The van der Waals surface area contributed by atoms with Crippen molar-refractivity contribution in [3.05, 3.63) is 16.7 Å². The van der Waals surface area contributed by atoms with E-state index in [2.05, 4.69) is 15.0 Å². The van der Waals surface area contributed by atoms with Gasteiger partial charge in [-0.25, -0.2) is 4.98 Å². The molecule has 2 fully saturated rings. The minimum absolute atomic E-state index is 0.0341. The third-order valence-electron chi connectivity index (χ3n) is 6.46. The van der Waals surface area contributed by atoms with Gasteiger partial charge in [-0.1, -0.05) is 12.8 Å². The molecule has 1 atom stereocenters. The number of carbonyl (C=O) groups is 1. The highest BCUT2D eigenvalue weighted by Crippen LogP contribution is 2.46. The fourth-order valence-electron chi connectivity index (χ4n) is 4.14. The molecule has 0 radical (unpaired) electrons. The molecule has 2 aliphatic carbocycles. The zero-order chi connectivity index (χ0) is 21.3. The molecule has 0 bridgehead atoms. The second kappa shape index (κ2) is 8.32. The second-order valence-corrected chi connectivity index (χ2v) is 8.23. The number of hydrogen-bond donors (Lipinski definition) is 4. The molecule has 11 nitrogen and oxygen atoms in total. The first-order valence-electron chi connectivity index (χ1n) is 10.3. The van der Waals surface area contributed by atoms with Crippen LogP contribution in [0.15, 0.2) is 11.1 Å². The molecule has 2 aromatic heterocycles. The summed E-state index contributed by atoms with van der Waals surface area (Å²) in [5, 5.41) is 9.64. The van der Waals surface area contributed by atoms with E-state index >= 15 is 0 Å². The predicted molar refractivity (Wildman–Crippen MR) is 107 cm³/mol. The Morgan fingerprint density at radius 1 is 1.33 bits per heavy atom. The van der Waals surface area contributed by atoms with Crippen molar-refractivity contribution in [3.63, 3.8) is 0 Å². The monoisotopic (exact) mass is 420 g/mol. The molecule has 4 rings (SSSR count). The number of ether oxygens (including phenoxy) is 2. The zero-order valence-corrected chi connectivity index (χ0v) is 16.7. The minimum atomic E-state index is -0.945. The molecular formula is C19H28N6O5. The molecule has 0 aromatic carbocycles. The molecule has 164 valence electrons. The first kappa shape index (κ1) is 20.8. The average molecular weight is 420 g/mol. The van der Waals surface area contributed by atoms with Gasteiger partial charge in [-0.3, -0.25) is 19.1 Å². The first-order chi connectivity index (χ1) is 14.4. The minimum Gasteiger partial charge on any atom is -0.461 e. The molecule has 1 unspecified atom stereocenters. The topological polar surface area (TPSA) is 171 Å². The zero-order valence-electron chi connectivity index (χ0n) is 16.7. The van der Waals surface area contributed by atoms with Crippen LogP contribution >= 0.6 is 0 Å². The summed E-state index contributed by atoms with van der Waals surface area (Å²) in [5.74, 6) is -0.118. The van der Waals surface area contributed by atoms with Crippen LogP contribution < -0.4 is 17.0 Å². The van der Waals surface area contributed by atoms with Gasteiger partial charge in [0.2, 0.25) is 5.95 Å². The molecule has 6 N–H and O–H groups in total. The Hall–Kier alpha value is -2.50. The number of hydrogen-bond acceptors (Lipinski definition) is 9. The van der Waals surface area contributed by atoms with Gasteiger partial charge in [0.25, 0.3) is 5.56 Å².